The monoisotopic (exact) mass is 430 g/mol. The molecule has 1 atom stereocenters. The van der Waals surface area contributed by atoms with Gasteiger partial charge in [0.2, 0.25) is 5.91 Å². The van der Waals surface area contributed by atoms with E-state index in [1.54, 1.807) is 42.5 Å². The number of benzene rings is 2. The fourth-order valence-corrected chi connectivity index (χ4v) is 3.45. The minimum atomic E-state index is -0.639. The molecule has 2 aromatic rings. The zero-order valence-corrected chi connectivity index (χ0v) is 17.6. The Kier molecular flexibility index (Phi) is 6.95. The molecule has 1 aliphatic rings. The largest absolute Gasteiger partial charge is 0.492 e. The third-order valence-electron chi connectivity index (χ3n) is 4.79. The third kappa shape index (κ3) is 4.91. The Morgan fingerprint density at radius 3 is 2.73 bits per heavy atom. The molecule has 0 aromatic heterocycles. The van der Waals surface area contributed by atoms with Crippen LogP contribution in [0.2, 0.25) is 5.02 Å². The number of ether oxygens (including phenoxy) is 2. The fraction of sp³-hybridized carbons (Fsp3) is 0.318. The Morgan fingerprint density at radius 1 is 1.20 bits per heavy atom. The number of hydrogen-bond donors (Lipinski definition) is 1. The lowest BCUT2D eigenvalue weighted by atomic mass is 10.1. The summed E-state index contributed by atoms with van der Waals surface area (Å²) < 4.78 is 10.6. The van der Waals surface area contributed by atoms with Gasteiger partial charge in [-0.1, -0.05) is 29.8 Å². The molecule has 1 saturated heterocycles. The van der Waals surface area contributed by atoms with Gasteiger partial charge in [-0.25, -0.2) is 0 Å². The van der Waals surface area contributed by atoms with Gasteiger partial charge in [-0.3, -0.25) is 14.4 Å². The molecule has 1 heterocycles. The van der Waals surface area contributed by atoms with Gasteiger partial charge < -0.3 is 19.7 Å². The van der Waals surface area contributed by atoms with Crippen molar-refractivity contribution in [3.8, 4) is 5.75 Å². The number of esters is 1. The molecule has 1 fully saturated rings. The van der Waals surface area contributed by atoms with Crippen LogP contribution in [0.3, 0.4) is 0 Å². The summed E-state index contributed by atoms with van der Waals surface area (Å²) in [6, 6.07) is 12.3. The molecule has 1 N–H and O–H groups in total. The first-order valence-corrected chi connectivity index (χ1v) is 10.0. The van der Waals surface area contributed by atoms with Crippen molar-refractivity contribution < 1.29 is 23.9 Å². The highest BCUT2D eigenvalue weighted by atomic mass is 35.5. The summed E-state index contributed by atoms with van der Waals surface area (Å²) in [5, 5.41) is 3.22. The molecule has 0 spiro atoms. The lowest BCUT2D eigenvalue weighted by Gasteiger charge is -2.19. The highest BCUT2D eigenvalue weighted by molar-refractivity contribution is 6.31. The molecule has 0 unspecified atom stereocenters. The number of nitrogens with zero attached hydrogens (tertiary/aromatic N) is 1. The van der Waals surface area contributed by atoms with E-state index in [0.29, 0.717) is 28.8 Å². The van der Waals surface area contributed by atoms with Crippen LogP contribution in [0.5, 0.6) is 5.75 Å². The van der Waals surface area contributed by atoms with Crippen molar-refractivity contribution in [1.82, 2.24) is 0 Å². The van der Waals surface area contributed by atoms with Gasteiger partial charge in [0.25, 0.3) is 5.91 Å². The van der Waals surface area contributed by atoms with Gasteiger partial charge in [0, 0.05) is 23.7 Å². The van der Waals surface area contributed by atoms with Crippen molar-refractivity contribution in [2.75, 3.05) is 30.0 Å². The van der Waals surface area contributed by atoms with Crippen LogP contribution in [-0.4, -0.2) is 37.5 Å². The van der Waals surface area contributed by atoms with Crippen LogP contribution in [0.1, 0.15) is 18.9 Å². The minimum absolute atomic E-state index is 0.0274. The summed E-state index contributed by atoms with van der Waals surface area (Å²) in [4.78, 5) is 38.5. The second-order valence-electron chi connectivity index (χ2n) is 6.87. The van der Waals surface area contributed by atoms with E-state index >= 15 is 0 Å². The number of rotatable bonds is 7. The van der Waals surface area contributed by atoms with Crippen molar-refractivity contribution in [3.63, 3.8) is 0 Å². The minimum Gasteiger partial charge on any atom is -0.492 e. The van der Waals surface area contributed by atoms with E-state index in [-0.39, 0.29) is 18.9 Å². The van der Waals surface area contributed by atoms with E-state index in [4.69, 9.17) is 21.1 Å². The molecular weight excluding hydrogens is 408 g/mol. The molecule has 1 aliphatic heterocycles. The van der Waals surface area contributed by atoms with Crippen molar-refractivity contribution in [2.24, 2.45) is 5.92 Å². The number of carbonyl (C=O) groups is 3. The first-order valence-electron chi connectivity index (χ1n) is 9.64. The topological polar surface area (TPSA) is 84.9 Å². The van der Waals surface area contributed by atoms with Gasteiger partial charge in [-0.05, 0) is 43.7 Å². The van der Waals surface area contributed by atoms with Crippen molar-refractivity contribution in [1.29, 1.82) is 0 Å². The SMILES string of the molecule is CCOc1ccccc1NC(=O)COC(=O)[C@H]1CC(=O)N(c2cccc(Cl)c2C)C1. The molecule has 3 rings (SSSR count). The standard InChI is InChI=1S/C22H23ClN2O5/c1-3-29-19-10-5-4-8-17(19)24-20(26)13-30-22(28)15-11-21(27)25(12-15)18-9-6-7-16(23)14(18)2/h4-10,15H,3,11-13H2,1-2H3,(H,24,26)/t15-/m0/s1. The lowest BCUT2D eigenvalue weighted by molar-refractivity contribution is -0.151. The summed E-state index contributed by atoms with van der Waals surface area (Å²) in [6.45, 7) is 3.87. The zero-order valence-electron chi connectivity index (χ0n) is 16.8. The summed E-state index contributed by atoms with van der Waals surface area (Å²) >= 11 is 6.14. The first kappa shape index (κ1) is 21.6. The molecular formula is C22H23ClN2O5. The Labute approximate surface area is 179 Å². The summed E-state index contributed by atoms with van der Waals surface area (Å²) in [5.74, 6) is -1.36. The van der Waals surface area contributed by atoms with Crippen molar-refractivity contribution in [3.05, 3.63) is 53.1 Å². The number of nitrogens with one attached hydrogen (secondary N) is 1. The van der Waals surface area contributed by atoms with Crippen molar-refractivity contribution >= 4 is 40.8 Å². The molecule has 30 heavy (non-hydrogen) atoms. The van der Waals surface area contributed by atoms with Crippen LogP contribution in [0, 0.1) is 12.8 Å². The van der Waals surface area contributed by atoms with E-state index in [1.807, 2.05) is 13.8 Å². The maximum Gasteiger partial charge on any atom is 0.311 e. The van der Waals surface area contributed by atoms with Gasteiger partial charge in [-0.15, -0.1) is 0 Å². The highest BCUT2D eigenvalue weighted by Gasteiger charge is 2.37. The van der Waals surface area contributed by atoms with Gasteiger partial charge >= 0.3 is 5.97 Å². The Hall–Kier alpha value is -3.06. The molecule has 0 aliphatic carbocycles. The number of hydrogen-bond acceptors (Lipinski definition) is 5. The van der Waals surface area contributed by atoms with Crippen LogP contribution in [0.25, 0.3) is 0 Å². The Balaban J connectivity index is 1.56. The maximum absolute atomic E-state index is 12.4. The molecule has 2 amide bonds. The van der Waals surface area contributed by atoms with Crippen LogP contribution >= 0.6 is 11.6 Å². The number of halogens is 1. The van der Waals surface area contributed by atoms with Gasteiger partial charge in [-0.2, -0.15) is 0 Å². The zero-order chi connectivity index (χ0) is 21.7. The molecule has 0 radical (unpaired) electrons. The fourth-order valence-electron chi connectivity index (χ4n) is 3.28. The smallest absolute Gasteiger partial charge is 0.311 e. The molecule has 2 aromatic carbocycles. The summed E-state index contributed by atoms with van der Waals surface area (Å²) in [5.41, 5.74) is 1.95. The first-order chi connectivity index (χ1) is 14.4. The second kappa shape index (κ2) is 9.63. The van der Waals surface area contributed by atoms with Gasteiger partial charge in [0.05, 0.1) is 18.2 Å². The summed E-state index contributed by atoms with van der Waals surface area (Å²) in [6.07, 6.45) is 0.0274. The molecule has 0 bridgehead atoms. The van der Waals surface area contributed by atoms with Gasteiger partial charge in [0.1, 0.15) is 5.75 Å². The second-order valence-corrected chi connectivity index (χ2v) is 7.28. The van der Waals surface area contributed by atoms with Crippen LogP contribution in [0.15, 0.2) is 42.5 Å². The molecule has 8 heteroatoms. The quantitative estimate of drug-likeness (QED) is 0.678. The molecule has 7 nitrogen and oxygen atoms in total. The van der Waals surface area contributed by atoms with Crippen LogP contribution in [0.4, 0.5) is 11.4 Å². The van der Waals surface area contributed by atoms with Crippen molar-refractivity contribution in [2.45, 2.75) is 20.3 Å². The predicted octanol–water partition coefficient (Wildman–Crippen LogP) is 3.58. The Bertz CT molecular complexity index is 962. The van der Waals surface area contributed by atoms with E-state index in [1.165, 1.54) is 4.90 Å². The Morgan fingerprint density at radius 2 is 1.97 bits per heavy atom. The normalized spacial score (nSPS) is 15.8. The average molecular weight is 431 g/mol. The van der Waals surface area contributed by atoms with E-state index < -0.39 is 24.4 Å². The lowest BCUT2D eigenvalue weighted by Crippen LogP contribution is -2.28. The third-order valence-corrected chi connectivity index (χ3v) is 5.20. The van der Waals surface area contributed by atoms with E-state index in [0.717, 1.165) is 5.56 Å². The average Bonchev–Trinajstić information content (AvgIpc) is 3.11. The molecule has 158 valence electrons. The summed E-state index contributed by atoms with van der Waals surface area (Å²) in [7, 11) is 0. The van der Waals surface area contributed by atoms with Crippen LogP contribution < -0.4 is 15.0 Å². The van der Waals surface area contributed by atoms with Crippen LogP contribution in [-0.2, 0) is 19.1 Å². The highest BCUT2D eigenvalue weighted by Crippen LogP contribution is 2.31. The predicted molar refractivity (Wildman–Crippen MR) is 114 cm³/mol. The van der Waals surface area contributed by atoms with E-state index in [2.05, 4.69) is 5.32 Å². The number of para-hydroxylation sites is 2. The number of amides is 2. The van der Waals surface area contributed by atoms with Gasteiger partial charge in [0.15, 0.2) is 6.61 Å². The number of carbonyl (C=O) groups excluding carboxylic acids is 3. The maximum atomic E-state index is 12.4. The number of anilines is 2. The molecule has 0 saturated carbocycles. The van der Waals surface area contributed by atoms with E-state index in [9.17, 15) is 14.4 Å².